The van der Waals surface area contributed by atoms with Crippen LogP contribution in [0.25, 0.3) is 0 Å². The quantitative estimate of drug-likeness (QED) is 0.896. The Kier molecular flexibility index (Phi) is 4.41. The summed E-state index contributed by atoms with van der Waals surface area (Å²) in [6.45, 7) is 6.98. The van der Waals surface area contributed by atoms with Gasteiger partial charge >= 0.3 is 6.03 Å². The zero-order chi connectivity index (χ0) is 20.0. The van der Waals surface area contributed by atoms with Crippen molar-refractivity contribution in [1.29, 1.82) is 0 Å². The van der Waals surface area contributed by atoms with E-state index in [0.717, 1.165) is 28.1 Å². The highest BCUT2D eigenvalue weighted by atomic mass is 16.2. The van der Waals surface area contributed by atoms with Crippen molar-refractivity contribution >= 4 is 11.9 Å². The van der Waals surface area contributed by atoms with Gasteiger partial charge in [-0.05, 0) is 55.2 Å². The third-order valence-electron chi connectivity index (χ3n) is 5.71. The molecule has 0 saturated carbocycles. The summed E-state index contributed by atoms with van der Waals surface area (Å²) < 4.78 is 0. The van der Waals surface area contributed by atoms with E-state index in [2.05, 4.69) is 29.4 Å². The third-order valence-corrected chi connectivity index (χ3v) is 5.71. The molecule has 2 aromatic rings. The molecule has 1 aromatic carbocycles. The van der Waals surface area contributed by atoms with Crippen LogP contribution in [-0.2, 0) is 11.3 Å². The Morgan fingerprint density at radius 1 is 1.11 bits per heavy atom. The van der Waals surface area contributed by atoms with Crippen LogP contribution in [0.15, 0.2) is 47.8 Å². The molecule has 1 atom stereocenters. The number of amides is 3. The molecule has 6 heteroatoms. The highest BCUT2D eigenvalue weighted by Crippen LogP contribution is 2.37. The average Bonchev–Trinajstić information content (AvgIpc) is 2.99. The van der Waals surface area contributed by atoms with Crippen LogP contribution in [0.5, 0.6) is 0 Å². The minimum atomic E-state index is -0.431. The van der Waals surface area contributed by atoms with Gasteiger partial charge in [0.2, 0.25) is 0 Å². The van der Waals surface area contributed by atoms with Gasteiger partial charge in [0.25, 0.3) is 5.91 Å². The molecule has 3 heterocycles. The summed E-state index contributed by atoms with van der Waals surface area (Å²) >= 11 is 0. The van der Waals surface area contributed by atoms with Crippen molar-refractivity contribution in [2.45, 2.75) is 33.4 Å². The van der Waals surface area contributed by atoms with Gasteiger partial charge in [0.05, 0.1) is 36.1 Å². The number of nitrogens with zero attached hydrogens (tertiary/aromatic N) is 3. The van der Waals surface area contributed by atoms with E-state index in [9.17, 15) is 9.59 Å². The molecule has 1 N–H and O–H groups in total. The number of carbonyl (C=O) groups is 2. The monoisotopic (exact) mass is 376 g/mol. The first kappa shape index (κ1) is 18.2. The Labute approximate surface area is 164 Å². The molecule has 3 amide bonds. The zero-order valence-electron chi connectivity index (χ0n) is 16.6. The minimum Gasteiger partial charge on any atom is -0.327 e. The summed E-state index contributed by atoms with van der Waals surface area (Å²) in [6, 6.07) is 9.25. The van der Waals surface area contributed by atoms with Crippen LogP contribution in [0.1, 0.15) is 34.0 Å². The van der Waals surface area contributed by atoms with Crippen molar-refractivity contribution in [3.8, 4) is 0 Å². The first-order valence-electron chi connectivity index (χ1n) is 9.41. The number of pyridine rings is 1. The molecule has 0 aliphatic carbocycles. The number of hydrogen-bond acceptors (Lipinski definition) is 3. The summed E-state index contributed by atoms with van der Waals surface area (Å²) in [5, 5.41) is 3.02. The molecule has 4 rings (SSSR count). The van der Waals surface area contributed by atoms with Gasteiger partial charge in [-0.2, -0.15) is 0 Å². The number of carbonyl (C=O) groups excluding carboxylic acids is 2. The van der Waals surface area contributed by atoms with Gasteiger partial charge in [0, 0.05) is 13.2 Å². The molecular formula is C22H24N4O2. The number of benzene rings is 1. The molecule has 1 aromatic heterocycles. The lowest BCUT2D eigenvalue weighted by atomic mass is 9.90. The largest absolute Gasteiger partial charge is 0.327 e. The van der Waals surface area contributed by atoms with E-state index in [1.807, 2.05) is 32.0 Å². The smallest absolute Gasteiger partial charge is 0.322 e. The van der Waals surface area contributed by atoms with E-state index >= 15 is 0 Å². The van der Waals surface area contributed by atoms with Crippen LogP contribution in [0, 0.1) is 20.8 Å². The Balaban J connectivity index is 1.73. The van der Waals surface area contributed by atoms with Crippen LogP contribution in [0.4, 0.5) is 4.79 Å². The van der Waals surface area contributed by atoms with Gasteiger partial charge < -0.3 is 10.2 Å². The van der Waals surface area contributed by atoms with Crippen LogP contribution in [-0.4, -0.2) is 40.3 Å². The van der Waals surface area contributed by atoms with Gasteiger partial charge in [0.15, 0.2) is 0 Å². The second kappa shape index (κ2) is 6.78. The lowest BCUT2D eigenvalue weighted by molar-refractivity contribution is -0.126. The van der Waals surface area contributed by atoms with Gasteiger partial charge in [-0.1, -0.05) is 18.2 Å². The molecule has 0 saturated heterocycles. The fraction of sp³-hybridized carbons (Fsp3) is 0.318. The molecule has 28 heavy (non-hydrogen) atoms. The molecule has 0 radical (unpaired) electrons. The average molecular weight is 376 g/mol. The predicted molar refractivity (Wildman–Crippen MR) is 106 cm³/mol. The normalized spacial score (nSPS) is 19.2. The second-order valence-corrected chi connectivity index (χ2v) is 7.58. The topological polar surface area (TPSA) is 65.5 Å². The number of nitrogens with one attached hydrogen (secondary N) is 1. The highest BCUT2D eigenvalue weighted by molar-refractivity contribution is 6.01. The molecule has 0 spiro atoms. The van der Waals surface area contributed by atoms with Crippen molar-refractivity contribution in [3.63, 3.8) is 0 Å². The maximum absolute atomic E-state index is 13.3. The van der Waals surface area contributed by atoms with Crippen LogP contribution in [0.2, 0.25) is 0 Å². The molecule has 2 aliphatic rings. The standard InChI is InChI=1S/C22H24N4O2/c1-13-9-15(3)17(10-14(13)2)20-19-18(25(4)22(28)24-20)12-26(21(19)27)11-16-7-5-6-8-23-16/h5-10,20H,11-12H2,1-4H3,(H,24,28). The number of urea groups is 1. The van der Waals surface area contributed by atoms with Crippen molar-refractivity contribution in [1.82, 2.24) is 20.1 Å². The van der Waals surface area contributed by atoms with Gasteiger partial charge in [-0.25, -0.2) is 4.79 Å². The second-order valence-electron chi connectivity index (χ2n) is 7.58. The highest BCUT2D eigenvalue weighted by Gasteiger charge is 2.43. The molecule has 0 fully saturated rings. The van der Waals surface area contributed by atoms with E-state index in [1.54, 1.807) is 23.0 Å². The van der Waals surface area contributed by atoms with Gasteiger partial charge in [-0.15, -0.1) is 0 Å². The number of aryl methyl sites for hydroxylation is 3. The van der Waals surface area contributed by atoms with E-state index in [1.165, 1.54) is 5.56 Å². The summed E-state index contributed by atoms with van der Waals surface area (Å²) in [4.78, 5) is 33.5. The summed E-state index contributed by atoms with van der Waals surface area (Å²) in [5.41, 5.74) is 6.65. The maximum Gasteiger partial charge on any atom is 0.322 e. The Morgan fingerprint density at radius 3 is 2.57 bits per heavy atom. The molecule has 1 unspecified atom stereocenters. The number of rotatable bonds is 3. The van der Waals surface area contributed by atoms with Crippen LogP contribution < -0.4 is 5.32 Å². The van der Waals surface area contributed by atoms with Gasteiger partial charge in [0.1, 0.15) is 0 Å². The van der Waals surface area contributed by atoms with Crippen molar-refractivity contribution in [2.24, 2.45) is 0 Å². The van der Waals surface area contributed by atoms with Crippen LogP contribution >= 0.6 is 0 Å². The van der Waals surface area contributed by atoms with E-state index in [-0.39, 0.29) is 11.9 Å². The summed E-state index contributed by atoms with van der Waals surface area (Å²) in [7, 11) is 1.71. The number of likely N-dealkylation sites (N-methyl/N-ethyl adjacent to an activating group) is 1. The summed E-state index contributed by atoms with van der Waals surface area (Å²) in [5.74, 6) is -0.0462. The van der Waals surface area contributed by atoms with Gasteiger partial charge in [-0.3, -0.25) is 14.7 Å². The maximum atomic E-state index is 13.3. The number of hydrogen-bond donors (Lipinski definition) is 1. The summed E-state index contributed by atoms with van der Waals surface area (Å²) in [6.07, 6.45) is 1.72. The lowest BCUT2D eigenvalue weighted by Gasteiger charge is -2.32. The Morgan fingerprint density at radius 2 is 1.86 bits per heavy atom. The molecule has 2 aliphatic heterocycles. The molecule has 0 bridgehead atoms. The fourth-order valence-electron chi connectivity index (χ4n) is 3.97. The predicted octanol–water partition coefficient (Wildman–Crippen LogP) is 3.00. The number of aromatic nitrogens is 1. The van der Waals surface area contributed by atoms with E-state index in [4.69, 9.17) is 0 Å². The molecule has 6 nitrogen and oxygen atoms in total. The first-order chi connectivity index (χ1) is 13.4. The van der Waals surface area contributed by atoms with Crippen molar-refractivity contribution < 1.29 is 9.59 Å². The van der Waals surface area contributed by atoms with E-state index in [0.29, 0.717) is 18.7 Å². The van der Waals surface area contributed by atoms with Crippen LogP contribution in [0.3, 0.4) is 0 Å². The van der Waals surface area contributed by atoms with Crippen molar-refractivity contribution in [3.05, 3.63) is 75.7 Å². The third kappa shape index (κ3) is 2.95. The Bertz CT molecular complexity index is 997. The lowest BCUT2D eigenvalue weighted by Crippen LogP contribution is -2.45. The SMILES string of the molecule is Cc1cc(C)c(C2NC(=O)N(C)C3=C2C(=O)N(Cc2ccccn2)C3)cc1C. The molecule has 144 valence electrons. The minimum absolute atomic E-state index is 0.0462. The fourth-order valence-corrected chi connectivity index (χ4v) is 3.97. The van der Waals surface area contributed by atoms with Crippen molar-refractivity contribution in [2.75, 3.05) is 13.6 Å². The van der Waals surface area contributed by atoms with E-state index < -0.39 is 6.04 Å². The Hall–Kier alpha value is -3.15. The molecular weight excluding hydrogens is 352 g/mol. The zero-order valence-corrected chi connectivity index (χ0v) is 16.6. The first-order valence-corrected chi connectivity index (χ1v) is 9.41.